The smallest absolute Gasteiger partial charge is 0.262 e. The van der Waals surface area contributed by atoms with E-state index in [1.165, 1.54) is 18.2 Å². The van der Waals surface area contributed by atoms with E-state index in [0.717, 1.165) is 11.6 Å². The summed E-state index contributed by atoms with van der Waals surface area (Å²) in [6, 6.07) is 19.2. The van der Waals surface area contributed by atoms with Gasteiger partial charge in [0.1, 0.15) is 11.6 Å². The molecule has 6 heteroatoms. The van der Waals surface area contributed by atoms with E-state index in [1.807, 2.05) is 30.3 Å². The zero-order valence-electron chi connectivity index (χ0n) is 13.4. The molecule has 0 radical (unpaired) electrons. The maximum absolute atomic E-state index is 13.4. The van der Waals surface area contributed by atoms with E-state index in [2.05, 4.69) is 4.72 Å². The Hall–Kier alpha value is -2.86. The largest absolute Gasteiger partial charge is 0.497 e. The van der Waals surface area contributed by atoms with E-state index in [1.54, 1.807) is 25.3 Å². The third-order valence-corrected chi connectivity index (χ3v) is 5.03. The first kappa shape index (κ1) is 17.0. The summed E-state index contributed by atoms with van der Waals surface area (Å²) in [4.78, 5) is -0.137. The minimum Gasteiger partial charge on any atom is -0.497 e. The second-order valence-electron chi connectivity index (χ2n) is 5.34. The SMILES string of the molecule is COc1ccc(NS(=O)(=O)c2cccc(F)c2)c(-c2ccccc2)c1. The van der Waals surface area contributed by atoms with Crippen molar-refractivity contribution < 1.29 is 17.5 Å². The number of hydrogen-bond donors (Lipinski definition) is 1. The highest BCUT2D eigenvalue weighted by Crippen LogP contribution is 2.33. The van der Waals surface area contributed by atoms with Crippen LogP contribution in [0.1, 0.15) is 0 Å². The predicted molar refractivity (Wildman–Crippen MR) is 95.6 cm³/mol. The summed E-state index contributed by atoms with van der Waals surface area (Å²) in [7, 11) is -2.37. The van der Waals surface area contributed by atoms with Crippen LogP contribution in [0.2, 0.25) is 0 Å². The number of anilines is 1. The lowest BCUT2D eigenvalue weighted by Crippen LogP contribution is -2.13. The Bertz CT molecular complexity index is 989. The maximum atomic E-state index is 13.4. The van der Waals surface area contributed by atoms with Gasteiger partial charge in [0.25, 0.3) is 10.0 Å². The van der Waals surface area contributed by atoms with Gasteiger partial charge in [-0.3, -0.25) is 4.72 Å². The van der Waals surface area contributed by atoms with Gasteiger partial charge in [-0.2, -0.15) is 0 Å². The first-order chi connectivity index (χ1) is 12.0. The summed E-state index contributed by atoms with van der Waals surface area (Å²) in [5.41, 5.74) is 1.88. The van der Waals surface area contributed by atoms with Gasteiger partial charge in [0.05, 0.1) is 17.7 Å². The van der Waals surface area contributed by atoms with Crippen molar-refractivity contribution in [3.8, 4) is 16.9 Å². The maximum Gasteiger partial charge on any atom is 0.262 e. The molecule has 0 saturated carbocycles. The predicted octanol–water partition coefficient (Wildman–Crippen LogP) is 4.30. The Morgan fingerprint density at radius 3 is 2.36 bits per heavy atom. The van der Waals surface area contributed by atoms with Crippen molar-refractivity contribution >= 4 is 15.7 Å². The van der Waals surface area contributed by atoms with Crippen molar-refractivity contribution in [2.75, 3.05) is 11.8 Å². The van der Waals surface area contributed by atoms with Gasteiger partial charge < -0.3 is 4.74 Å². The third kappa shape index (κ3) is 3.80. The van der Waals surface area contributed by atoms with E-state index in [4.69, 9.17) is 4.74 Å². The van der Waals surface area contributed by atoms with E-state index in [9.17, 15) is 12.8 Å². The topological polar surface area (TPSA) is 55.4 Å². The Morgan fingerprint density at radius 1 is 0.920 bits per heavy atom. The Labute approximate surface area is 146 Å². The van der Waals surface area contributed by atoms with Crippen LogP contribution in [0.25, 0.3) is 11.1 Å². The molecule has 0 unspecified atom stereocenters. The highest BCUT2D eigenvalue weighted by atomic mass is 32.2. The van der Waals surface area contributed by atoms with Gasteiger partial charge in [-0.15, -0.1) is 0 Å². The van der Waals surface area contributed by atoms with Crippen molar-refractivity contribution in [3.63, 3.8) is 0 Å². The number of methoxy groups -OCH3 is 1. The molecule has 0 fully saturated rings. The fraction of sp³-hybridized carbons (Fsp3) is 0.0526. The molecule has 3 aromatic rings. The molecular weight excluding hydrogens is 341 g/mol. The van der Waals surface area contributed by atoms with Crippen LogP contribution in [0.5, 0.6) is 5.75 Å². The molecule has 0 saturated heterocycles. The number of hydrogen-bond acceptors (Lipinski definition) is 3. The summed E-state index contributed by atoms with van der Waals surface area (Å²) < 4.78 is 46.3. The molecule has 128 valence electrons. The van der Waals surface area contributed by atoms with E-state index in [0.29, 0.717) is 17.0 Å². The lowest BCUT2D eigenvalue weighted by molar-refractivity contribution is 0.415. The lowest BCUT2D eigenvalue weighted by Gasteiger charge is -2.14. The molecule has 0 heterocycles. The highest BCUT2D eigenvalue weighted by molar-refractivity contribution is 7.92. The molecule has 0 atom stereocenters. The van der Waals surface area contributed by atoms with Crippen molar-refractivity contribution in [2.45, 2.75) is 4.90 Å². The van der Waals surface area contributed by atoms with Crippen LogP contribution in [0, 0.1) is 5.82 Å². The molecule has 0 aliphatic heterocycles. The number of nitrogens with one attached hydrogen (secondary N) is 1. The quantitative estimate of drug-likeness (QED) is 0.741. The second kappa shape index (κ2) is 6.94. The van der Waals surface area contributed by atoms with Crippen LogP contribution in [-0.4, -0.2) is 15.5 Å². The van der Waals surface area contributed by atoms with E-state index < -0.39 is 15.8 Å². The molecular formula is C19H16FNO3S. The van der Waals surface area contributed by atoms with E-state index >= 15 is 0 Å². The van der Waals surface area contributed by atoms with Crippen molar-refractivity contribution in [2.24, 2.45) is 0 Å². The minimum absolute atomic E-state index is 0.137. The highest BCUT2D eigenvalue weighted by Gasteiger charge is 2.17. The molecule has 1 N–H and O–H groups in total. The number of ether oxygens (including phenoxy) is 1. The minimum atomic E-state index is -3.92. The van der Waals surface area contributed by atoms with Crippen molar-refractivity contribution in [1.29, 1.82) is 0 Å². The van der Waals surface area contributed by atoms with Gasteiger partial charge in [-0.1, -0.05) is 36.4 Å². The zero-order valence-corrected chi connectivity index (χ0v) is 14.3. The average molecular weight is 357 g/mol. The molecule has 0 aliphatic carbocycles. The molecule has 0 bridgehead atoms. The van der Waals surface area contributed by atoms with Gasteiger partial charge in [-0.05, 0) is 42.0 Å². The number of halogens is 1. The standard InChI is InChI=1S/C19H16FNO3S/c1-24-16-10-11-19(18(13-16)14-6-3-2-4-7-14)21-25(22,23)17-9-5-8-15(20)12-17/h2-13,21H,1H3. The molecule has 0 aliphatic rings. The van der Waals surface area contributed by atoms with Gasteiger partial charge in [0.2, 0.25) is 0 Å². The van der Waals surface area contributed by atoms with Crippen LogP contribution in [0.4, 0.5) is 10.1 Å². The van der Waals surface area contributed by atoms with E-state index in [-0.39, 0.29) is 4.90 Å². The first-order valence-electron chi connectivity index (χ1n) is 7.51. The third-order valence-electron chi connectivity index (χ3n) is 3.66. The molecule has 3 aromatic carbocycles. The summed E-state index contributed by atoms with van der Waals surface area (Å²) in [6.45, 7) is 0. The summed E-state index contributed by atoms with van der Waals surface area (Å²) in [5, 5.41) is 0. The molecule has 0 spiro atoms. The Morgan fingerprint density at radius 2 is 1.68 bits per heavy atom. The Kier molecular flexibility index (Phi) is 4.72. The van der Waals surface area contributed by atoms with Gasteiger partial charge in [0.15, 0.2) is 0 Å². The fourth-order valence-electron chi connectivity index (χ4n) is 2.43. The Balaban J connectivity index is 2.05. The molecule has 25 heavy (non-hydrogen) atoms. The van der Waals surface area contributed by atoms with Gasteiger partial charge in [0, 0.05) is 5.56 Å². The first-order valence-corrected chi connectivity index (χ1v) is 9.00. The summed E-state index contributed by atoms with van der Waals surface area (Å²) >= 11 is 0. The molecule has 0 amide bonds. The number of sulfonamides is 1. The zero-order chi connectivity index (χ0) is 17.9. The van der Waals surface area contributed by atoms with Crippen LogP contribution in [0.3, 0.4) is 0 Å². The van der Waals surface area contributed by atoms with Crippen molar-refractivity contribution in [1.82, 2.24) is 0 Å². The van der Waals surface area contributed by atoms with Crippen LogP contribution in [0.15, 0.2) is 77.7 Å². The molecule has 3 rings (SSSR count). The second-order valence-corrected chi connectivity index (χ2v) is 7.02. The molecule has 0 aromatic heterocycles. The lowest BCUT2D eigenvalue weighted by atomic mass is 10.0. The monoisotopic (exact) mass is 357 g/mol. The number of benzene rings is 3. The summed E-state index contributed by atoms with van der Waals surface area (Å²) in [5.74, 6) is -0.00607. The number of rotatable bonds is 5. The van der Waals surface area contributed by atoms with Gasteiger partial charge in [-0.25, -0.2) is 12.8 Å². The summed E-state index contributed by atoms with van der Waals surface area (Å²) in [6.07, 6.45) is 0. The normalized spacial score (nSPS) is 11.1. The fourth-order valence-corrected chi connectivity index (χ4v) is 3.54. The average Bonchev–Trinajstić information content (AvgIpc) is 2.62. The van der Waals surface area contributed by atoms with Gasteiger partial charge >= 0.3 is 0 Å². The van der Waals surface area contributed by atoms with Crippen LogP contribution >= 0.6 is 0 Å². The van der Waals surface area contributed by atoms with Crippen molar-refractivity contribution in [3.05, 3.63) is 78.6 Å². The van der Waals surface area contributed by atoms with Crippen LogP contribution in [-0.2, 0) is 10.0 Å². The molecule has 4 nitrogen and oxygen atoms in total. The van der Waals surface area contributed by atoms with Crippen LogP contribution < -0.4 is 9.46 Å².